The maximum atomic E-state index is 12.0. The van der Waals surface area contributed by atoms with Crippen molar-refractivity contribution < 1.29 is 14.3 Å². The fourth-order valence-corrected chi connectivity index (χ4v) is 2.19. The Morgan fingerprint density at radius 3 is 2.94 bits per heavy atom. The van der Waals surface area contributed by atoms with Crippen molar-refractivity contribution >= 4 is 11.8 Å². The van der Waals surface area contributed by atoms with E-state index >= 15 is 0 Å². The smallest absolute Gasteiger partial charge is 0.319 e. The van der Waals surface area contributed by atoms with Crippen molar-refractivity contribution in [3.05, 3.63) is 12.2 Å². The van der Waals surface area contributed by atoms with E-state index < -0.39 is 11.4 Å². The van der Waals surface area contributed by atoms with Crippen LogP contribution in [0, 0.1) is 16.7 Å². The fourth-order valence-electron chi connectivity index (χ4n) is 2.19. The average molecular weight is 235 g/mol. The Bertz CT molecular complexity index is 367. The Hall–Kier alpha value is -1.63. The topological polar surface area (TPSA) is 67.2 Å². The van der Waals surface area contributed by atoms with E-state index in [2.05, 4.69) is 0 Å². The Morgan fingerprint density at radius 1 is 1.59 bits per heavy atom. The van der Waals surface area contributed by atoms with Crippen LogP contribution in [-0.2, 0) is 14.3 Å². The number of Topliss-reactive ketones (excluding diaryl/α,β-unsaturated/α-hetero) is 1. The van der Waals surface area contributed by atoms with Gasteiger partial charge in [-0.05, 0) is 26.2 Å². The summed E-state index contributed by atoms with van der Waals surface area (Å²) >= 11 is 0. The lowest BCUT2D eigenvalue weighted by Gasteiger charge is -2.32. The maximum absolute atomic E-state index is 12.0. The first-order valence-corrected chi connectivity index (χ1v) is 5.92. The van der Waals surface area contributed by atoms with E-state index in [9.17, 15) is 9.59 Å². The zero-order valence-electron chi connectivity index (χ0n) is 10.1. The first-order chi connectivity index (χ1) is 8.17. The predicted octanol–water partition coefficient (Wildman–Crippen LogP) is 2.15. The second kappa shape index (κ2) is 6.19. The number of hydrogen-bond donors (Lipinski definition) is 0. The second-order valence-corrected chi connectivity index (χ2v) is 4.17. The molecule has 4 heteroatoms. The summed E-state index contributed by atoms with van der Waals surface area (Å²) in [6.45, 7) is 2.00. The molecule has 92 valence electrons. The Morgan fingerprint density at radius 2 is 2.35 bits per heavy atom. The van der Waals surface area contributed by atoms with E-state index in [0.717, 1.165) is 12.8 Å². The summed E-state index contributed by atoms with van der Waals surface area (Å²) in [5.41, 5.74) is -1.04. The van der Waals surface area contributed by atoms with Gasteiger partial charge >= 0.3 is 5.97 Å². The molecule has 0 saturated heterocycles. The van der Waals surface area contributed by atoms with Crippen LogP contribution in [-0.4, -0.2) is 18.4 Å². The molecule has 0 aromatic heterocycles. The number of ether oxygens (including phenoxy) is 1. The number of carbonyl (C=O) groups is 2. The van der Waals surface area contributed by atoms with Gasteiger partial charge in [-0.25, -0.2) is 0 Å². The van der Waals surface area contributed by atoms with E-state index in [1.807, 2.05) is 6.07 Å². The summed E-state index contributed by atoms with van der Waals surface area (Å²) in [7, 11) is 0. The van der Waals surface area contributed by atoms with Crippen molar-refractivity contribution in [2.24, 2.45) is 5.41 Å². The Kier molecular flexibility index (Phi) is 4.89. The molecule has 1 aliphatic rings. The van der Waals surface area contributed by atoms with E-state index in [4.69, 9.17) is 10.00 Å². The highest BCUT2D eigenvalue weighted by Gasteiger charge is 2.46. The van der Waals surface area contributed by atoms with Crippen LogP contribution in [0.4, 0.5) is 0 Å². The molecule has 0 heterocycles. The standard InChI is InChI=1S/C13H17NO3/c1-2-17-12(16)13(9-5-6-10-14)8-4-3-7-11(13)15/h5-6H,2-4,7-9H2,1H3/b6-5+. The molecule has 0 amide bonds. The SMILES string of the molecule is CCOC(=O)C1(C/C=C/C#N)CCCCC1=O. The van der Waals surface area contributed by atoms with E-state index in [0.29, 0.717) is 12.8 Å². The van der Waals surface area contributed by atoms with E-state index in [1.165, 1.54) is 6.08 Å². The molecule has 0 aromatic carbocycles. The average Bonchev–Trinajstić information content (AvgIpc) is 2.32. The first kappa shape index (κ1) is 13.4. The first-order valence-electron chi connectivity index (χ1n) is 5.92. The maximum Gasteiger partial charge on any atom is 0.319 e. The van der Waals surface area contributed by atoms with Gasteiger partial charge in [0.15, 0.2) is 5.78 Å². The number of nitriles is 1. The number of esters is 1. The van der Waals surface area contributed by atoms with Crippen LogP contribution in [0.15, 0.2) is 12.2 Å². The zero-order valence-corrected chi connectivity index (χ0v) is 10.1. The van der Waals surface area contributed by atoms with Gasteiger partial charge in [0.1, 0.15) is 5.41 Å². The normalized spacial score (nSPS) is 24.6. The van der Waals surface area contributed by atoms with Crippen molar-refractivity contribution in [1.29, 1.82) is 5.26 Å². The van der Waals surface area contributed by atoms with Crippen molar-refractivity contribution in [1.82, 2.24) is 0 Å². The van der Waals surface area contributed by atoms with Crippen LogP contribution in [0.2, 0.25) is 0 Å². The minimum Gasteiger partial charge on any atom is -0.465 e. The highest BCUT2D eigenvalue weighted by atomic mass is 16.5. The van der Waals surface area contributed by atoms with Gasteiger partial charge in [0.05, 0.1) is 12.7 Å². The number of nitrogens with zero attached hydrogens (tertiary/aromatic N) is 1. The van der Waals surface area contributed by atoms with Gasteiger partial charge in [-0.2, -0.15) is 5.26 Å². The van der Waals surface area contributed by atoms with Gasteiger partial charge in [-0.15, -0.1) is 0 Å². The quantitative estimate of drug-likeness (QED) is 0.425. The molecule has 0 radical (unpaired) electrons. The molecule has 1 fully saturated rings. The van der Waals surface area contributed by atoms with Gasteiger partial charge in [0, 0.05) is 12.5 Å². The van der Waals surface area contributed by atoms with Crippen LogP contribution >= 0.6 is 0 Å². The summed E-state index contributed by atoms with van der Waals surface area (Å²) in [6.07, 6.45) is 5.81. The summed E-state index contributed by atoms with van der Waals surface area (Å²) in [5.74, 6) is -0.489. The summed E-state index contributed by atoms with van der Waals surface area (Å²) < 4.78 is 5.01. The molecule has 1 saturated carbocycles. The third-order valence-corrected chi connectivity index (χ3v) is 3.12. The predicted molar refractivity (Wildman–Crippen MR) is 61.9 cm³/mol. The van der Waals surface area contributed by atoms with E-state index in [1.54, 1.807) is 13.0 Å². The van der Waals surface area contributed by atoms with Gasteiger partial charge in [0.25, 0.3) is 0 Å². The lowest BCUT2D eigenvalue weighted by atomic mass is 9.70. The number of hydrogen-bond acceptors (Lipinski definition) is 4. The van der Waals surface area contributed by atoms with Gasteiger partial charge in [0.2, 0.25) is 0 Å². The molecule has 1 atom stereocenters. The molecule has 0 aromatic rings. The number of carbonyl (C=O) groups excluding carboxylic acids is 2. The monoisotopic (exact) mass is 235 g/mol. The molecule has 0 aliphatic heterocycles. The molecule has 1 rings (SSSR count). The molecule has 0 bridgehead atoms. The fraction of sp³-hybridized carbons (Fsp3) is 0.615. The lowest BCUT2D eigenvalue weighted by molar-refractivity contribution is -0.162. The highest BCUT2D eigenvalue weighted by molar-refractivity contribution is 6.04. The molecule has 0 N–H and O–H groups in total. The van der Waals surface area contributed by atoms with Gasteiger partial charge in [-0.1, -0.05) is 12.5 Å². The van der Waals surface area contributed by atoms with Crippen molar-refractivity contribution in [3.63, 3.8) is 0 Å². The third kappa shape index (κ3) is 2.94. The summed E-state index contributed by atoms with van der Waals surface area (Å²) in [6, 6.07) is 1.87. The third-order valence-electron chi connectivity index (χ3n) is 3.12. The lowest BCUT2D eigenvalue weighted by Crippen LogP contribution is -2.42. The van der Waals surface area contributed by atoms with Crippen molar-refractivity contribution in [3.8, 4) is 6.07 Å². The van der Waals surface area contributed by atoms with Crippen molar-refractivity contribution in [2.75, 3.05) is 6.61 Å². The van der Waals surface area contributed by atoms with Crippen LogP contribution in [0.25, 0.3) is 0 Å². The molecular weight excluding hydrogens is 218 g/mol. The molecule has 4 nitrogen and oxygen atoms in total. The van der Waals surface area contributed by atoms with Crippen LogP contribution < -0.4 is 0 Å². The molecular formula is C13H17NO3. The Labute approximate surface area is 101 Å². The summed E-state index contributed by atoms with van der Waals surface area (Å²) in [4.78, 5) is 24.0. The van der Waals surface area contributed by atoms with Crippen LogP contribution in [0.5, 0.6) is 0 Å². The highest BCUT2D eigenvalue weighted by Crippen LogP contribution is 2.38. The minimum absolute atomic E-state index is 0.0511. The number of ketones is 1. The molecule has 1 unspecified atom stereocenters. The van der Waals surface area contributed by atoms with Gasteiger partial charge in [-0.3, -0.25) is 9.59 Å². The molecule has 0 spiro atoms. The van der Waals surface area contributed by atoms with Crippen molar-refractivity contribution in [2.45, 2.75) is 39.0 Å². The zero-order chi connectivity index (χ0) is 12.7. The number of rotatable bonds is 4. The Balaban J connectivity index is 2.90. The molecule has 17 heavy (non-hydrogen) atoms. The minimum atomic E-state index is -1.04. The van der Waals surface area contributed by atoms with E-state index in [-0.39, 0.29) is 18.8 Å². The summed E-state index contributed by atoms with van der Waals surface area (Å²) in [5, 5.41) is 8.45. The molecule has 1 aliphatic carbocycles. The second-order valence-electron chi connectivity index (χ2n) is 4.17. The van der Waals surface area contributed by atoms with Crippen LogP contribution in [0.1, 0.15) is 39.0 Å². The number of allylic oxidation sites excluding steroid dienone is 2. The van der Waals surface area contributed by atoms with Crippen LogP contribution in [0.3, 0.4) is 0 Å². The van der Waals surface area contributed by atoms with Gasteiger partial charge < -0.3 is 4.74 Å². The largest absolute Gasteiger partial charge is 0.465 e.